The van der Waals surface area contributed by atoms with Crippen molar-refractivity contribution in [2.45, 2.75) is 19.8 Å². The lowest BCUT2D eigenvalue weighted by atomic mass is 10.0. The zero-order valence-corrected chi connectivity index (χ0v) is 9.67. The van der Waals surface area contributed by atoms with Gasteiger partial charge in [0.05, 0.1) is 5.56 Å². The van der Waals surface area contributed by atoms with Crippen LogP contribution in [0.4, 0.5) is 0 Å². The van der Waals surface area contributed by atoms with Gasteiger partial charge in [0, 0.05) is 11.8 Å². The molecule has 0 radical (unpaired) electrons. The number of aryl methyl sites for hydroxylation is 1. The van der Waals surface area contributed by atoms with Crippen LogP contribution in [-0.4, -0.2) is 16.2 Å². The Morgan fingerprint density at radius 1 is 1.50 bits per heavy atom. The summed E-state index contributed by atoms with van der Waals surface area (Å²) in [5.74, 6) is 0.0582. The van der Waals surface area contributed by atoms with E-state index in [2.05, 4.69) is 15.9 Å². The molecule has 1 N–H and O–H groups in total. The van der Waals surface area contributed by atoms with Gasteiger partial charge in [-0.15, -0.1) is 0 Å². The third kappa shape index (κ3) is 2.58. The topological polar surface area (TPSA) is 37.3 Å². The zero-order valence-electron chi connectivity index (χ0n) is 8.09. The normalized spacial score (nSPS) is 10.1. The number of phenols is 1. The molecule has 0 amide bonds. The molecule has 0 aliphatic heterocycles. The van der Waals surface area contributed by atoms with E-state index >= 15 is 0 Å². The highest BCUT2D eigenvalue weighted by Gasteiger charge is 2.10. The number of halogens is 1. The number of benzene rings is 1. The maximum atomic E-state index is 11.5. The molecule has 14 heavy (non-hydrogen) atoms. The van der Waals surface area contributed by atoms with Crippen molar-refractivity contribution in [3.05, 3.63) is 29.3 Å². The first-order chi connectivity index (χ1) is 6.69. The predicted octanol–water partition coefficient (Wildman–Crippen LogP) is 2.92. The Kier molecular flexibility index (Phi) is 4.14. The molecule has 0 atom stereocenters. The summed E-state index contributed by atoms with van der Waals surface area (Å²) in [7, 11) is 0. The quantitative estimate of drug-likeness (QED) is 0.665. The van der Waals surface area contributed by atoms with Gasteiger partial charge >= 0.3 is 0 Å². The average Bonchev–Trinajstić information content (AvgIpc) is 2.19. The molecule has 0 fully saturated rings. The van der Waals surface area contributed by atoms with Gasteiger partial charge in [0.15, 0.2) is 5.78 Å². The van der Waals surface area contributed by atoms with Gasteiger partial charge < -0.3 is 5.11 Å². The number of hydrogen-bond donors (Lipinski definition) is 1. The molecule has 3 heteroatoms. The van der Waals surface area contributed by atoms with Crippen LogP contribution in [0.1, 0.15) is 29.3 Å². The predicted molar refractivity (Wildman–Crippen MR) is 60.2 cm³/mol. The zero-order chi connectivity index (χ0) is 10.6. The van der Waals surface area contributed by atoms with Gasteiger partial charge in [-0.2, -0.15) is 0 Å². The molecular formula is C11H13BrO2. The summed E-state index contributed by atoms with van der Waals surface area (Å²) in [6, 6.07) is 5.18. The van der Waals surface area contributed by atoms with Crippen LogP contribution >= 0.6 is 15.9 Å². The van der Waals surface area contributed by atoms with Gasteiger partial charge in [0.25, 0.3) is 0 Å². The van der Waals surface area contributed by atoms with Gasteiger partial charge in [-0.1, -0.05) is 28.9 Å². The van der Waals surface area contributed by atoms with Crippen LogP contribution in [0.2, 0.25) is 0 Å². The van der Waals surface area contributed by atoms with Crippen molar-refractivity contribution in [1.82, 2.24) is 0 Å². The molecule has 0 saturated heterocycles. The summed E-state index contributed by atoms with van der Waals surface area (Å²) in [6.45, 7) is 2.02. The highest BCUT2D eigenvalue weighted by molar-refractivity contribution is 9.09. The monoisotopic (exact) mass is 256 g/mol. The van der Waals surface area contributed by atoms with Crippen molar-refractivity contribution in [3.63, 3.8) is 0 Å². The Bertz CT molecular complexity index is 334. The summed E-state index contributed by atoms with van der Waals surface area (Å²) in [5, 5.41) is 10.1. The lowest BCUT2D eigenvalue weighted by molar-refractivity contribution is 0.0987. The molecule has 0 aliphatic rings. The van der Waals surface area contributed by atoms with Crippen molar-refractivity contribution in [2.24, 2.45) is 0 Å². The standard InChI is InChI=1S/C11H13BrO2/c1-2-8-3-4-10(13)9(7-8)11(14)5-6-12/h3-4,7,13H,2,5-6H2,1H3. The fourth-order valence-corrected chi connectivity index (χ4v) is 1.61. The van der Waals surface area contributed by atoms with E-state index in [4.69, 9.17) is 0 Å². The van der Waals surface area contributed by atoms with E-state index in [1.807, 2.05) is 13.0 Å². The largest absolute Gasteiger partial charge is 0.507 e. The molecule has 0 spiro atoms. The van der Waals surface area contributed by atoms with Gasteiger partial charge in [-0.05, 0) is 24.1 Å². The molecule has 1 aromatic carbocycles. The third-order valence-corrected chi connectivity index (χ3v) is 2.49. The van der Waals surface area contributed by atoms with Crippen LogP contribution in [0.3, 0.4) is 0 Å². The van der Waals surface area contributed by atoms with Crippen LogP contribution in [0.25, 0.3) is 0 Å². The van der Waals surface area contributed by atoms with Crippen molar-refractivity contribution in [3.8, 4) is 5.75 Å². The van der Waals surface area contributed by atoms with Crippen molar-refractivity contribution >= 4 is 21.7 Å². The molecule has 2 nitrogen and oxygen atoms in total. The van der Waals surface area contributed by atoms with E-state index in [1.54, 1.807) is 12.1 Å². The summed E-state index contributed by atoms with van der Waals surface area (Å²) < 4.78 is 0. The lowest BCUT2D eigenvalue weighted by Gasteiger charge is -2.04. The minimum atomic E-state index is -0.0188. The molecule has 0 heterocycles. The number of phenolic OH excluding ortho intramolecular Hbond substituents is 1. The fourth-order valence-electron chi connectivity index (χ4n) is 1.25. The molecule has 76 valence electrons. The number of aromatic hydroxyl groups is 1. The van der Waals surface area contributed by atoms with Crippen LogP contribution < -0.4 is 0 Å². The second kappa shape index (κ2) is 5.15. The smallest absolute Gasteiger partial charge is 0.167 e. The fraction of sp³-hybridized carbons (Fsp3) is 0.364. The highest BCUT2D eigenvalue weighted by atomic mass is 79.9. The number of hydrogen-bond acceptors (Lipinski definition) is 2. The minimum Gasteiger partial charge on any atom is -0.507 e. The van der Waals surface area contributed by atoms with E-state index in [0.29, 0.717) is 17.3 Å². The average molecular weight is 257 g/mol. The molecule has 0 bridgehead atoms. The maximum Gasteiger partial charge on any atom is 0.167 e. The second-order valence-corrected chi connectivity index (χ2v) is 3.86. The van der Waals surface area contributed by atoms with Crippen LogP contribution in [0, 0.1) is 0 Å². The van der Waals surface area contributed by atoms with Gasteiger partial charge in [0.2, 0.25) is 0 Å². The maximum absolute atomic E-state index is 11.5. The van der Waals surface area contributed by atoms with Gasteiger partial charge in [0.1, 0.15) is 5.75 Å². The Balaban J connectivity index is 2.99. The minimum absolute atomic E-state index is 0.0188. The number of Topliss-reactive ketones (excluding diaryl/α,β-unsaturated/α-hetero) is 1. The molecule has 1 aromatic rings. The summed E-state index contributed by atoms with van der Waals surface area (Å²) in [4.78, 5) is 11.5. The first kappa shape index (κ1) is 11.2. The van der Waals surface area contributed by atoms with E-state index < -0.39 is 0 Å². The summed E-state index contributed by atoms with van der Waals surface area (Å²) in [6.07, 6.45) is 1.29. The number of rotatable bonds is 4. The molecule has 1 rings (SSSR count). The van der Waals surface area contributed by atoms with Gasteiger partial charge in [-0.25, -0.2) is 0 Å². The molecule has 0 unspecified atom stereocenters. The Hall–Kier alpha value is -0.830. The number of alkyl halides is 1. The number of ketones is 1. The molecule has 0 saturated carbocycles. The van der Waals surface area contributed by atoms with Crippen LogP contribution in [0.5, 0.6) is 5.75 Å². The second-order valence-electron chi connectivity index (χ2n) is 3.07. The van der Waals surface area contributed by atoms with Crippen molar-refractivity contribution in [1.29, 1.82) is 0 Å². The summed E-state index contributed by atoms with van der Waals surface area (Å²) >= 11 is 3.20. The highest BCUT2D eigenvalue weighted by Crippen LogP contribution is 2.20. The Morgan fingerprint density at radius 2 is 2.21 bits per heavy atom. The van der Waals surface area contributed by atoms with Gasteiger partial charge in [-0.3, -0.25) is 4.79 Å². The third-order valence-electron chi connectivity index (χ3n) is 2.09. The molecule has 0 aromatic heterocycles. The first-order valence-electron chi connectivity index (χ1n) is 4.60. The van der Waals surface area contributed by atoms with E-state index in [9.17, 15) is 9.90 Å². The SMILES string of the molecule is CCc1ccc(O)c(C(=O)CCBr)c1. The summed E-state index contributed by atoms with van der Waals surface area (Å²) in [5.41, 5.74) is 1.50. The first-order valence-corrected chi connectivity index (χ1v) is 5.72. The number of carbonyl (C=O) groups excluding carboxylic acids is 1. The molecule has 0 aliphatic carbocycles. The van der Waals surface area contributed by atoms with Crippen molar-refractivity contribution < 1.29 is 9.90 Å². The Morgan fingerprint density at radius 3 is 2.79 bits per heavy atom. The van der Waals surface area contributed by atoms with E-state index in [-0.39, 0.29) is 11.5 Å². The van der Waals surface area contributed by atoms with Crippen molar-refractivity contribution in [2.75, 3.05) is 5.33 Å². The van der Waals surface area contributed by atoms with E-state index in [0.717, 1.165) is 12.0 Å². The van der Waals surface area contributed by atoms with Crippen LogP contribution in [-0.2, 0) is 6.42 Å². The molecular weight excluding hydrogens is 244 g/mol. The van der Waals surface area contributed by atoms with Crippen LogP contribution in [0.15, 0.2) is 18.2 Å². The number of carbonyl (C=O) groups is 1. The Labute approximate surface area is 92.1 Å². The lowest BCUT2D eigenvalue weighted by Crippen LogP contribution is -2.00. The van der Waals surface area contributed by atoms with E-state index in [1.165, 1.54) is 0 Å².